The van der Waals surface area contributed by atoms with E-state index >= 15 is 0 Å². The molecule has 0 aliphatic carbocycles. The first kappa shape index (κ1) is 29.1. The van der Waals surface area contributed by atoms with Crippen molar-refractivity contribution in [1.82, 2.24) is 20.9 Å². The maximum Gasteiger partial charge on any atom is 0.326 e. The highest BCUT2D eigenvalue weighted by atomic mass is 32.1. The predicted molar refractivity (Wildman–Crippen MR) is 138 cm³/mol. The number of carbonyl (C=O) groups is 4. The fourth-order valence-corrected chi connectivity index (χ4v) is 3.84. The molecule has 198 valence electrons. The number of thiol groups is 1. The first-order chi connectivity index (χ1) is 17.0. The minimum atomic E-state index is -1.45. The van der Waals surface area contributed by atoms with Gasteiger partial charge in [-0.25, -0.2) is 4.79 Å². The molecule has 0 saturated carbocycles. The van der Waals surface area contributed by atoms with Crippen molar-refractivity contribution in [2.75, 3.05) is 5.75 Å². The summed E-state index contributed by atoms with van der Waals surface area (Å²) in [4.78, 5) is 53.4. The number of benzene rings is 1. The number of hydrogen-bond acceptors (Lipinski definition) is 7. The van der Waals surface area contributed by atoms with E-state index in [4.69, 9.17) is 5.73 Å². The maximum atomic E-state index is 13.3. The number of aliphatic hydroxyl groups excluding tert-OH is 1. The SMILES string of the molecule is CCC(C)C(NC(=O)C(NC(=O)C(Cc1c[nH]c2ccccc12)NC(=O)C(N)CS)C(C)O)C(=O)O. The Morgan fingerprint density at radius 2 is 1.67 bits per heavy atom. The van der Waals surface area contributed by atoms with E-state index < -0.39 is 54.0 Å². The smallest absolute Gasteiger partial charge is 0.326 e. The van der Waals surface area contributed by atoms with Gasteiger partial charge in [-0.3, -0.25) is 14.4 Å². The summed E-state index contributed by atoms with van der Waals surface area (Å²) >= 11 is 4.02. The molecule has 12 heteroatoms. The van der Waals surface area contributed by atoms with Crippen molar-refractivity contribution in [2.45, 2.75) is 63.9 Å². The number of carbonyl (C=O) groups excluding carboxylic acids is 3. The minimum Gasteiger partial charge on any atom is -0.480 e. The highest BCUT2D eigenvalue weighted by Gasteiger charge is 2.34. The number of aliphatic hydroxyl groups is 1. The number of aromatic nitrogens is 1. The van der Waals surface area contributed by atoms with Crippen molar-refractivity contribution in [3.8, 4) is 0 Å². The molecule has 8 N–H and O–H groups in total. The average molecular weight is 522 g/mol. The number of para-hydroxylation sites is 1. The van der Waals surface area contributed by atoms with Crippen molar-refractivity contribution in [3.05, 3.63) is 36.0 Å². The number of carboxylic acids is 1. The molecule has 2 aromatic rings. The molecule has 1 heterocycles. The Morgan fingerprint density at radius 1 is 1.03 bits per heavy atom. The Hall–Kier alpha value is -3.09. The lowest BCUT2D eigenvalue weighted by Crippen LogP contribution is -2.60. The molecule has 6 unspecified atom stereocenters. The zero-order chi connectivity index (χ0) is 27.0. The fourth-order valence-electron chi connectivity index (χ4n) is 3.68. The average Bonchev–Trinajstić information content (AvgIpc) is 3.26. The molecule has 6 atom stereocenters. The van der Waals surface area contributed by atoms with Crippen LogP contribution >= 0.6 is 12.6 Å². The van der Waals surface area contributed by atoms with E-state index in [2.05, 4.69) is 33.6 Å². The molecule has 0 radical (unpaired) electrons. The van der Waals surface area contributed by atoms with Crippen LogP contribution in [0.4, 0.5) is 0 Å². The third kappa shape index (κ3) is 7.45. The summed E-state index contributed by atoms with van der Waals surface area (Å²) in [5, 5.41) is 28.0. The summed E-state index contributed by atoms with van der Waals surface area (Å²) in [5.74, 6) is -3.75. The summed E-state index contributed by atoms with van der Waals surface area (Å²) in [5.41, 5.74) is 7.35. The number of fused-ring (bicyclic) bond motifs is 1. The summed E-state index contributed by atoms with van der Waals surface area (Å²) in [7, 11) is 0. The van der Waals surface area contributed by atoms with Crippen LogP contribution in [0.25, 0.3) is 10.9 Å². The van der Waals surface area contributed by atoms with Crippen LogP contribution < -0.4 is 21.7 Å². The van der Waals surface area contributed by atoms with Crippen LogP contribution in [0.2, 0.25) is 0 Å². The van der Waals surface area contributed by atoms with E-state index in [1.807, 2.05) is 24.3 Å². The van der Waals surface area contributed by atoms with E-state index in [0.29, 0.717) is 6.42 Å². The largest absolute Gasteiger partial charge is 0.480 e. The van der Waals surface area contributed by atoms with Gasteiger partial charge in [-0.2, -0.15) is 12.6 Å². The molecule has 1 aromatic heterocycles. The minimum absolute atomic E-state index is 0.0537. The van der Waals surface area contributed by atoms with Crippen molar-refractivity contribution >= 4 is 47.2 Å². The molecule has 3 amide bonds. The number of hydrogen-bond donors (Lipinski definition) is 8. The number of amides is 3. The summed E-state index contributed by atoms with van der Waals surface area (Å²) in [6, 6.07) is 2.68. The highest BCUT2D eigenvalue weighted by molar-refractivity contribution is 7.80. The first-order valence-corrected chi connectivity index (χ1v) is 12.4. The van der Waals surface area contributed by atoms with Gasteiger partial charge in [0.05, 0.1) is 12.1 Å². The number of nitrogens with two attached hydrogens (primary N) is 1. The lowest BCUT2D eigenvalue weighted by Gasteiger charge is -2.27. The topological polar surface area (TPSA) is 187 Å². The van der Waals surface area contributed by atoms with Gasteiger partial charge in [-0.1, -0.05) is 38.5 Å². The standard InChI is InChI=1S/C24H35N5O6S/c1-4-12(2)19(24(34)35)28-23(33)20(13(3)30)29-22(32)18(27-21(31)16(25)11-36)9-14-10-26-17-8-6-5-7-15(14)17/h5-8,10,12-13,16,18-20,26,30,36H,4,9,11,25H2,1-3H3,(H,27,31)(H,28,33)(H,29,32)(H,34,35). The van der Waals surface area contributed by atoms with E-state index in [1.165, 1.54) is 6.92 Å². The van der Waals surface area contributed by atoms with Crippen LogP contribution in [0.5, 0.6) is 0 Å². The number of H-pyrrole nitrogens is 1. The first-order valence-electron chi connectivity index (χ1n) is 11.7. The van der Waals surface area contributed by atoms with Crippen molar-refractivity contribution in [1.29, 1.82) is 0 Å². The molecular weight excluding hydrogens is 486 g/mol. The third-order valence-electron chi connectivity index (χ3n) is 6.10. The zero-order valence-electron chi connectivity index (χ0n) is 20.5. The number of aromatic amines is 1. The summed E-state index contributed by atoms with van der Waals surface area (Å²) in [6.07, 6.45) is 0.939. The molecule has 0 saturated heterocycles. The van der Waals surface area contributed by atoms with Gasteiger partial charge in [0.1, 0.15) is 18.1 Å². The maximum absolute atomic E-state index is 13.3. The monoisotopic (exact) mass is 521 g/mol. The Bertz CT molecular complexity index is 1070. The van der Waals surface area contributed by atoms with Gasteiger partial charge in [0.2, 0.25) is 17.7 Å². The van der Waals surface area contributed by atoms with Crippen LogP contribution in [0.15, 0.2) is 30.5 Å². The van der Waals surface area contributed by atoms with Crippen LogP contribution in [0, 0.1) is 5.92 Å². The highest BCUT2D eigenvalue weighted by Crippen LogP contribution is 2.19. The van der Waals surface area contributed by atoms with Crippen molar-refractivity contribution in [3.63, 3.8) is 0 Å². The van der Waals surface area contributed by atoms with Gasteiger partial charge in [0.15, 0.2) is 0 Å². The summed E-state index contributed by atoms with van der Waals surface area (Å²) in [6.45, 7) is 4.76. The molecule has 11 nitrogen and oxygen atoms in total. The molecule has 36 heavy (non-hydrogen) atoms. The fraction of sp³-hybridized carbons (Fsp3) is 0.500. The summed E-state index contributed by atoms with van der Waals surface area (Å²) < 4.78 is 0. The van der Waals surface area contributed by atoms with Crippen molar-refractivity contribution < 1.29 is 29.4 Å². The second kappa shape index (κ2) is 13.3. The molecule has 0 spiro atoms. The Morgan fingerprint density at radius 3 is 2.25 bits per heavy atom. The van der Waals surface area contributed by atoms with Crippen LogP contribution in [-0.4, -0.2) is 74.9 Å². The number of aliphatic carboxylic acids is 1. The molecular formula is C24H35N5O6S. The normalized spacial score (nSPS) is 16.3. The van der Waals surface area contributed by atoms with Crippen LogP contribution in [-0.2, 0) is 25.6 Å². The molecule has 0 aliphatic heterocycles. The van der Waals surface area contributed by atoms with Gasteiger partial charge in [-0.05, 0) is 24.5 Å². The van der Waals surface area contributed by atoms with E-state index in [9.17, 15) is 29.4 Å². The Balaban J connectivity index is 2.28. The van der Waals surface area contributed by atoms with Gasteiger partial charge >= 0.3 is 5.97 Å². The van der Waals surface area contributed by atoms with Crippen molar-refractivity contribution in [2.24, 2.45) is 11.7 Å². The lowest BCUT2D eigenvalue weighted by molar-refractivity contribution is -0.144. The quantitative estimate of drug-likeness (QED) is 0.169. The molecule has 0 fully saturated rings. The van der Waals surface area contributed by atoms with Gasteiger partial charge in [-0.15, -0.1) is 0 Å². The van der Waals surface area contributed by atoms with Gasteiger partial charge in [0.25, 0.3) is 0 Å². The predicted octanol–water partition coefficient (Wildman–Crippen LogP) is -0.0666. The number of rotatable bonds is 13. The zero-order valence-corrected chi connectivity index (χ0v) is 21.4. The third-order valence-corrected chi connectivity index (χ3v) is 6.50. The Labute approximate surface area is 215 Å². The van der Waals surface area contributed by atoms with Gasteiger partial charge in [0, 0.05) is 29.3 Å². The van der Waals surface area contributed by atoms with E-state index in [1.54, 1.807) is 20.0 Å². The molecule has 0 bridgehead atoms. The van der Waals surface area contributed by atoms with Gasteiger partial charge < -0.3 is 36.9 Å². The second-order valence-electron chi connectivity index (χ2n) is 8.85. The lowest BCUT2D eigenvalue weighted by atomic mass is 9.98. The molecule has 0 aliphatic rings. The molecule has 1 aromatic carbocycles. The molecule has 2 rings (SSSR count). The Kier molecular flexibility index (Phi) is 10.8. The van der Waals surface area contributed by atoms with E-state index in [0.717, 1.165) is 16.5 Å². The van der Waals surface area contributed by atoms with Crippen LogP contribution in [0.3, 0.4) is 0 Å². The number of nitrogens with one attached hydrogen (secondary N) is 4. The number of carboxylic acid groups (broad SMARTS) is 1. The van der Waals surface area contributed by atoms with Crippen LogP contribution in [0.1, 0.15) is 32.8 Å². The van der Waals surface area contributed by atoms with E-state index in [-0.39, 0.29) is 18.1 Å². The second-order valence-corrected chi connectivity index (χ2v) is 9.22.